The van der Waals surface area contributed by atoms with Gasteiger partial charge in [0, 0.05) is 49.8 Å². The molecule has 1 N–H and O–H groups in total. The molecule has 0 saturated carbocycles. The largest absolute Gasteiger partial charge is 0.379 e. The van der Waals surface area contributed by atoms with E-state index in [2.05, 4.69) is 34.0 Å². The molecule has 1 aromatic carbocycles. The maximum atomic E-state index is 12.8. The average molecular weight is 419 g/mol. The summed E-state index contributed by atoms with van der Waals surface area (Å²) in [5.41, 5.74) is 1.68. The van der Waals surface area contributed by atoms with Crippen molar-refractivity contribution in [2.75, 3.05) is 44.7 Å². The Balaban J connectivity index is 1.42. The van der Waals surface area contributed by atoms with E-state index in [-0.39, 0.29) is 23.4 Å². The Bertz CT molecular complexity index is 982. The van der Waals surface area contributed by atoms with E-state index in [1.165, 1.54) is 16.1 Å². The molecule has 0 radical (unpaired) electrons. The Labute approximate surface area is 171 Å². The minimum absolute atomic E-state index is 0.150. The van der Waals surface area contributed by atoms with Crippen LogP contribution in [0.4, 0.5) is 5.69 Å². The lowest BCUT2D eigenvalue weighted by Gasteiger charge is -2.34. The summed E-state index contributed by atoms with van der Waals surface area (Å²) < 4.78 is 34.5. The van der Waals surface area contributed by atoms with Crippen LogP contribution in [0.5, 0.6) is 0 Å². The normalized spacial score (nSPS) is 20.9. The third-order valence-corrected chi connectivity index (χ3v) is 7.44. The molecular formula is C20H26N4O4S. The highest BCUT2D eigenvalue weighted by molar-refractivity contribution is 7.89. The van der Waals surface area contributed by atoms with Gasteiger partial charge >= 0.3 is 0 Å². The second kappa shape index (κ2) is 8.27. The van der Waals surface area contributed by atoms with Crippen molar-refractivity contribution in [1.29, 1.82) is 0 Å². The minimum Gasteiger partial charge on any atom is -0.379 e. The van der Waals surface area contributed by atoms with Gasteiger partial charge in [-0.2, -0.15) is 4.31 Å². The summed E-state index contributed by atoms with van der Waals surface area (Å²) in [6.07, 6.45) is 2.06. The van der Waals surface area contributed by atoms with Crippen LogP contribution in [0.1, 0.15) is 18.7 Å². The van der Waals surface area contributed by atoms with Gasteiger partial charge in [-0.1, -0.05) is 6.07 Å². The van der Waals surface area contributed by atoms with E-state index in [1.807, 2.05) is 6.07 Å². The first-order valence-corrected chi connectivity index (χ1v) is 11.3. The molecule has 8 nitrogen and oxygen atoms in total. The highest BCUT2D eigenvalue weighted by Gasteiger charge is 2.27. The van der Waals surface area contributed by atoms with Crippen molar-refractivity contribution in [1.82, 2.24) is 13.8 Å². The highest BCUT2D eigenvalue weighted by atomic mass is 32.2. The lowest BCUT2D eigenvalue weighted by atomic mass is 10.1. The van der Waals surface area contributed by atoms with Crippen LogP contribution in [0.3, 0.4) is 0 Å². The van der Waals surface area contributed by atoms with Gasteiger partial charge in [0.1, 0.15) is 0 Å². The van der Waals surface area contributed by atoms with Gasteiger partial charge in [0.25, 0.3) is 0 Å². The molecule has 1 amide bonds. The van der Waals surface area contributed by atoms with Gasteiger partial charge in [0.05, 0.1) is 24.7 Å². The molecule has 1 unspecified atom stereocenters. The van der Waals surface area contributed by atoms with Crippen molar-refractivity contribution >= 4 is 21.6 Å². The number of fused-ring (bicyclic) bond motifs is 1. The molecule has 156 valence electrons. The molecule has 3 heterocycles. The molecule has 1 aromatic heterocycles. The van der Waals surface area contributed by atoms with Crippen LogP contribution in [-0.2, 0) is 26.1 Å². The van der Waals surface area contributed by atoms with Crippen LogP contribution in [0.2, 0.25) is 0 Å². The average Bonchev–Trinajstić information content (AvgIpc) is 3.21. The van der Waals surface area contributed by atoms with Gasteiger partial charge in [0.2, 0.25) is 15.9 Å². The molecule has 29 heavy (non-hydrogen) atoms. The Morgan fingerprint density at radius 3 is 2.72 bits per heavy atom. The predicted molar refractivity (Wildman–Crippen MR) is 109 cm³/mol. The number of amides is 1. The van der Waals surface area contributed by atoms with Gasteiger partial charge in [-0.25, -0.2) is 8.42 Å². The number of nitrogens with zero attached hydrogens (tertiary/aromatic N) is 3. The number of benzene rings is 1. The fourth-order valence-electron chi connectivity index (χ4n) is 3.90. The summed E-state index contributed by atoms with van der Waals surface area (Å²) in [7, 11) is -3.59. The lowest BCUT2D eigenvalue weighted by Crippen LogP contribution is -2.41. The number of anilines is 1. The summed E-state index contributed by atoms with van der Waals surface area (Å²) in [5, 5.41) is 2.85. The molecule has 2 aliphatic heterocycles. The number of morpholine rings is 1. The Hall–Kier alpha value is -2.20. The third-order valence-electron chi connectivity index (χ3n) is 5.54. The molecule has 1 saturated heterocycles. The van der Waals surface area contributed by atoms with E-state index >= 15 is 0 Å². The van der Waals surface area contributed by atoms with E-state index < -0.39 is 10.0 Å². The van der Waals surface area contributed by atoms with E-state index in [9.17, 15) is 13.2 Å². The van der Waals surface area contributed by atoms with Gasteiger partial charge < -0.3 is 14.6 Å². The number of aromatic nitrogens is 1. The third kappa shape index (κ3) is 4.23. The maximum Gasteiger partial charge on any atom is 0.243 e. The first kappa shape index (κ1) is 20.1. The van der Waals surface area contributed by atoms with E-state index in [4.69, 9.17) is 4.74 Å². The van der Waals surface area contributed by atoms with Crippen LogP contribution in [0.25, 0.3) is 0 Å². The maximum absolute atomic E-state index is 12.8. The van der Waals surface area contributed by atoms with E-state index in [0.29, 0.717) is 32.0 Å². The van der Waals surface area contributed by atoms with E-state index in [1.54, 1.807) is 18.2 Å². The fourth-order valence-corrected chi connectivity index (χ4v) is 5.35. The second-order valence-electron chi connectivity index (χ2n) is 7.37. The first-order valence-electron chi connectivity index (χ1n) is 9.82. The summed E-state index contributed by atoms with van der Waals surface area (Å²) >= 11 is 0. The molecule has 9 heteroatoms. The molecule has 0 aliphatic carbocycles. The topological polar surface area (TPSA) is 83.9 Å². The Morgan fingerprint density at radius 2 is 1.93 bits per heavy atom. The lowest BCUT2D eigenvalue weighted by molar-refractivity contribution is -0.118. The van der Waals surface area contributed by atoms with E-state index in [0.717, 1.165) is 13.1 Å². The van der Waals surface area contributed by atoms with Gasteiger partial charge in [-0.3, -0.25) is 9.69 Å². The highest BCUT2D eigenvalue weighted by Crippen LogP contribution is 2.25. The number of carbonyl (C=O) groups is 1. The fraction of sp³-hybridized carbons (Fsp3) is 0.450. The number of nitrogens with one attached hydrogen (secondary N) is 1. The molecular weight excluding hydrogens is 392 g/mol. The van der Waals surface area contributed by atoms with Crippen molar-refractivity contribution in [3.8, 4) is 0 Å². The zero-order valence-corrected chi connectivity index (χ0v) is 17.3. The van der Waals surface area contributed by atoms with Crippen molar-refractivity contribution in [2.45, 2.75) is 24.4 Å². The molecule has 0 spiro atoms. The zero-order chi connectivity index (χ0) is 20.4. The van der Waals surface area contributed by atoms with Crippen molar-refractivity contribution in [2.24, 2.45) is 0 Å². The summed E-state index contributed by atoms with van der Waals surface area (Å²) in [6.45, 7) is 5.47. The zero-order valence-electron chi connectivity index (χ0n) is 16.5. The van der Waals surface area contributed by atoms with Crippen molar-refractivity contribution in [3.05, 3.63) is 48.3 Å². The smallest absolute Gasteiger partial charge is 0.243 e. The van der Waals surface area contributed by atoms with Crippen LogP contribution >= 0.6 is 0 Å². The number of rotatable bonds is 5. The number of carbonyl (C=O) groups excluding carboxylic acids is 1. The molecule has 2 aliphatic rings. The standard InChI is InChI=1S/C20H26N4O4S/c1-16-19-6-3-7-22(19)8-9-23(16)15-20(25)21-17-4-2-5-18(14-17)29(26,27)24-10-12-28-13-11-24/h2-7,14,16H,8-13,15H2,1H3,(H,21,25). The second-order valence-corrected chi connectivity index (χ2v) is 9.30. The quantitative estimate of drug-likeness (QED) is 0.796. The molecule has 4 rings (SSSR count). The number of hydrogen-bond donors (Lipinski definition) is 1. The number of sulfonamides is 1. The summed E-state index contributed by atoms with van der Waals surface area (Å²) in [4.78, 5) is 14.9. The van der Waals surface area contributed by atoms with Gasteiger partial charge in [-0.15, -0.1) is 0 Å². The summed E-state index contributed by atoms with van der Waals surface area (Å²) in [5.74, 6) is -0.155. The van der Waals surface area contributed by atoms with Crippen LogP contribution in [0.15, 0.2) is 47.5 Å². The minimum atomic E-state index is -3.59. The summed E-state index contributed by atoms with van der Waals surface area (Å²) in [6, 6.07) is 10.7. The molecule has 2 aromatic rings. The van der Waals surface area contributed by atoms with Crippen LogP contribution < -0.4 is 5.32 Å². The van der Waals surface area contributed by atoms with Crippen LogP contribution in [-0.4, -0.2) is 67.5 Å². The predicted octanol–water partition coefficient (Wildman–Crippen LogP) is 1.52. The number of ether oxygens (including phenoxy) is 1. The Morgan fingerprint density at radius 1 is 1.14 bits per heavy atom. The van der Waals surface area contributed by atoms with Crippen molar-refractivity contribution in [3.63, 3.8) is 0 Å². The van der Waals surface area contributed by atoms with Gasteiger partial charge in [0.15, 0.2) is 0 Å². The first-order chi connectivity index (χ1) is 13.9. The number of hydrogen-bond acceptors (Lipinski definition) is 5. The van der Waals surface area contributed by atoms with Gasteiger partial charge in [-0.05, 0) is 37.3 Å². The van der Waals surface area contributed by atoms with Crippen LogP contribution in [0, 0.1) is 0 Å². The SMILES string of the molecule is CC1c2cccn2CCN1CC(=O)Nc1cccc(S(=O)(=O)N2CCOCC2)c1. The molecule has 1 atom stereocenters. The monoisotopic (exact) mass is 418 g/mol. The molecule has 0 bridgehead atoms. The molecule has 1 fully saturated rings. The Kier molecular flexibility index (Phi) is 5.73. The van der Waals surface area contributed by atoms with Crippen molar-refractivity contribution < 1.29 is 17.9 Å².